The maximum absolute atomic E-state index is 6.38. The second-order valence-electron chi connectivity index (χ2n) is 6.48. The summed E-state index contributed by atoms with van der Waals surface area (Å²) in [4.78, 5) is 2.23. The van der Waals surface area contributed by atoms with E-state index in [9.17, 15) is 0 Å². The Morgan fingerprint density at radius 1 is 1.09 bits per heavy atom. The summed E-state index contributed by atoms with van der Waals surface area (Å²) < 4.78 is 17.2. The van der Waals surface area contributed by atoms with E-state index in [1.165, 1.54) is 11.1 Å². The Hall–Kier alpha value is -2.20. The van der Waals surface area contributed by atoms with Gasteiger partial charge in [0.25, 0.3) is 0 Å². The lowest BCUT2D eigenvalue weighted by atomic mass is 10.0. The quantitative estimate of drug-likeness (QED) is 0.867. The average Bonchev–Trinajstić information content (AvgIpc) is 3.12. The molecule has 4 rings (SSSR count). The fourth-order valence-electron chi connectivity index (χ4n) is 3.53. The van der Waals surface area contributed by atoms with Gasteiger partial charge in [-0.05, 0) is 43.8 Å². The van der Waals surface area contributed by atoms with E-state index in [-0.39, 0.29) is 12.9 Å². The average molecular weight is 311 g/mol. The topological polar surface area (TPSA) is 30.9 Å². The smallest absolute Gasteiger partial charge is 0.231 e. The van der Waals surface area contributed by atoms with Gasteiger partial charge in [-0.25, -0.2) is 0 Å². The van der Waals surface area contributed by atoms with E-state index < -0.39 is 0 Å². The van der Waals surface area contributed by atoms with Crippen molar-refractivity contribution < 1.29 is 14.2 Å². The lowest BCUT2D eigenvalue weighted by Gasteiger charge is -2.25. The largest absolute Gasteiger partial charge is 0.485 e. The summed E-state index contributed by atoms with van der Waals surface area (Å²) >= 11 is 0. The van der Waals surface area contributed by atoms with E-state index in [2.05, 4.69) is 43.3 Å². The van der Waals surface area contributed by atoms with Crippen molar-refractivity contribution in [3.8, 4) is 17.2 Å². The molecule has 2 atom stereocenters. The first-order chi connectivity index (χ1) is 11.2. The molecule has 4 heteroatoms. The lowest BCUT2D eigenvalue weighted by molar-refractivity contribution is 0.128. The minimum Gasteiger partial charge on any atom is -0.485 e. The number of ether oxygens (including phenoxy) is 3. The zero-order valence-corrected chi connectivity index (χ0v) is 13.5. The molecule has 0 saturated heterocycles. The van der Waals surface area contributed by atoms with Crippen molar-refractivity contribution in [3.63, 3.8) is 0 Å². The van der Waals surface area contributed by atoms with Crippen molar-refractivity contribution >= 4 is 0 Å². The first kappa shape index (κ1) is 14.4. The Balaban J connectivity index is 1.62. The molecule has 0 bridgehead atoms. The van der Waals surface area contributed by atoms with Gasteiger partial charge in [-0.3, -0.25) is 0 Å². The van der Waals surface area contributed by atoms with Crippen LogP contribution >= 0.6 is 0 Å². The number of fused-ring (bicyclic) bond motifs is 2. The van der Waals surface area contributed by atoms with Crippen LogP contribution in [0.4, 0.5) is 0 Å². The molecular formula is C19H21NO3. The zero-order chi connectivity index (χ0) is 15.8. The summed E-state index contributed by atoms with van der Waals surface area (Å²) in [6.07, 6.45) is 1.14. The van der Waals surface area contributed by atoms with Crippen molar-refractivity contribution in [2.45, 2.75) is 12.5 Å². The number of benzene rings is 2. The summed E-state index contributed by atoms with van der Waals surface area (Å²) in [7, 11) is 4.22. The van der Waals surface area contributed by atoms with Crippen molar-refractivity contribution in [2.75, 3.05) is 27.4 Å². The molecule has 0 aromatic heterocycles. The summed E-state index contributed by atoms with van der Waals surface area (Å²) in [5.41, 5.74) is 2.70. The monoisotopic (exact) mass is 311 g/mol. The van der Waals surface area contributed by atoms with Crippen LogP contribution in [0.5, 0.6) is 17.2 Å². The van der Waals surface area contributed by atoms with E-state index >= 15 is 0 Å². The molecule has 1 heterocycles. The molecule has 1 aliphatic heterocycles. The molecule has 0 radical (unpaired) electrons. The van der Waals surface area contributed by atoms with Gasteiger partial charge in [-0.15, -0.1) is 0 Å². The highest BCUT2D eigenvalue weighted by atomic mass is 16.7. The summed E-state index contributed by atoms with van der Waals surface area (Å²) in [6, 6.07) is 14.4. The molecular weight excluding hydrogens is 290 g/mol. The molecule has 0 spiro atoms. The van der Waals surface area contributed by atoms with Crippen molar-refractivity contribution in [1.29, 1.82) is 0 Å². The summed E-state index contributed by atoms with van der Waals surface area (Å²) in [6.45, 7) is 1.29. The van der Waals surface area contributed by atoms with Crippen LogP contribution in [0.2, 0.25) is 0 Å². The maximum atomic E-state index is 6.38. The molecule has 2 aliphatic rings. The molecule has 0 amide bonds. The number of hydrogen-bond acceptors (Lipinski definition) is 4. The highest BCUT2D eigenvalue weighted by Gasteiger charge is 2.34. The van der Waals surface area contributed by atoms with Gasteiger partial charge in [0, 0.05) is 18.5 Å². The molecule has 2 aromatic rings. The van der Waals surface area contributed by atoms with Gasteiger partial charge in [0.05, 0.1) is 0 Å². The summed E-state index contributed by atoms with van der Waals surface area (Å²) in [5.74, 6) is 2.83. The second kappa shape index (κ2) is 5.78. The Morgan fingerprint density at radius 2 is 1.91 bits per heavy atom. The molecule has 23 heavy (non-hydrogen) atoms. The zero-order valence-electron chi connectivity index (χ0n) is 13.5. The normalized spacial score (nSPS) is 21.5. The van der Waals surface area contributed by atoms with Crippen LogP contribution in [-0.4, -0.2) is 32.3 Å². The summed E-state index contributed by atoms with van der Waals surface area (Å²) in [5, 5.41) is 0. The standard InChI is InChI=1S/C19H21NO3/c1-20(2)11-14-9-13-5-3-4-6-16(13)19(14)23-15-7-8-17-18(10-15)22-12-21-17/h3-8,10,14,19H,9,11-12H2,1-2H3/t14-,19-/m1/s1. The van der Waals surface area contributed by atoms with Gasteiger partial charge < -0.3 is 19.1 Å². The van der Waals surface area contributed by atoms with E-state index in [0.717, 1.165) is 30.2 Å². The third-order valence-electron chi connectivity index (χ3n) is 4.48. The van der Waals surface area contributed by atoms with Crippen LogP contribution in [-0.2, 0) is 6.42 Å². The number of nitrogens with zero attached hydrogens (tertiary/aromatic N) is 1. The molecule has 0 saturated carbocycles. The molecule has 0 fully saturated rings. The SMILES string of the molecule is CN(C)C[C@H]1Cc2ccccc2[C@@H]1Oc1ccc2c(c1)OCO2. The Labute approximate surface area is 136 Å². The van der Waals surface area contributed by atoms with Crippen molar-refractivity contribution in [1.82, 2.24) is 4.90 Å². The number of hydrogen-bond donors (Lipinski definition) is 0. The predicted molar refractivity (Wildman–Crippen MR) is 88.1 cm³/mol. The van der Waals surface area contributed by atoms with Crippen LogP contribution in [0.3, 0.4) is 0 Å². The van der Waals surface area contributed by atoms with Crippen LogP contribution in [0.25, 0.3) is 0 Å². The van der Waals surface area contributed by atoms with Crippen LogP contribution in [0.1, 0.15) is 17.2 Å². The minimum absolute atomic E-state index is 0.0778. The highest BCUT2D eigenvalue weighted by molar-refractivity contribution is 5.47. The Bertz CT molecular complexity index is 714. The van der Waals surface area contributed by atoms with Gasteiger partial charge >= 0.3 is 0 Å². The first-order valence-corrected chi connectivity index (χ1v) is 7.99. The first-order valence-electron chi connectivity index (χ1n) is 7.99. The molecule has 1 aliphatic carbocycles. The van der Waals surface area contributed by atoms with Crippen molar-refractivity contribution in [2.24, 2.45) is 5.92 Å². The molecule has 120 valence electrons. The van der Waals surface area contributed by atoms with Crippen LogP contribution in [0.15, 0.2) is 42.5 Å². The molecule has 4 nitrogen and oxygen atoms in total. The second-order valence-corrected chi connectivity index (χ2v) is 6.48. The maximum Gasteiger partial charge on any atom is 0.231 e. The van der Waals surface area contributed by atoms with E-state index in [1.54, 1.807) is 0 Å². The van der Waals surface area contributed by atoms with E-state index in [1.807, 2.05) is 18.2 Å². The molecule has 0 unspecified atom stereocenters. The van der Waals surface area contributed by atoms with Gasteiger partial charge in [-0.1, -0.05) is 24.3 Å². The predicted octanol–water partition coefficient (Wildman–Crippen LogP) is 3.27. The van der Waals surface area contributed by atoms with Gasteiger partial charge in [0.1, 0.15) is 11.9 Å². The molecule has 2 aromatic carbocycles. The fourth-order valence-corrected chi connectivity index (χ4v) is 3.53. The highest BCUT2D eigenvalue weighted by Crippen LogP contribution is 2.42. The third kappa shape index (κ3) is 2.75. The van der Waals surface area contributed by atoms with Crippen molar-refractivity contribution in [3.05, 3.63) is 53.6 Å². The van der Waals surface area contributed by atoms with E-state index in [0.29, 0.717) is 5.92 Å². The fraction of sp³-hybridized carbons (Fsp3) is 0.368. The Morgan fingerprint density at radius 3 is 2.78 bits per heavy atom. The number of rotatable bonds is 4. The van der Waals surface area contributed by atoms with E-state index in [4.69, 9.17) is 14.2 Å². The lowest BCUT2D eigenvalue weighted by Crippen LogP contribution is -2.27. The van der Waals surface area contributed by atoms with Crippen LogP contribution in [0, 0.1) is 5.92 Å². The molecule has 0 N–H and O–H groups in total. The van der Waals surface area contributed by atoms with Gasteiger partial charge in [0.2, 0.25) is 6.79 Å². The van der Waals surface area contributed by atoms with Gasteiger partial charge in [-0.2, -0.15) is 0 Å². The van der Waals surface area contributed by atoms with Crippen LogP contribution < -0.4 is 14.2 Å². The Kier molecular flexibility index (Phi) is 3.62. The minimum atomic E-state index is 0.0778. The van der Waals surface area contributed by atoms with Gasteiger partial charge in [0.15, 0.2) is 11.5 Å². The third-order valence-corrected chi connectivity index (χ3v) is 4.48.